The molecule has 4 heteroatoms. The fraction of sp³-hybridized carbons (Fsp3) is 0.381. The number of anilines is 1. The summed E-state index contributed by atoms with van der Waals surface area (Å²) in [5.41, 5.74) is 1.83. The van der Waals surface area contributed by atoms with Gasteiger partial charge in [0.05, 0.1) is 0 Å². The van der Waals surface area contributed by atoms with Crippen LogP contribution in [-0.4, -0.2) is 37.1 Å². The van der Waals surface area contributed by atoms with E-state index in [-0.39, 0.29) is 12.1 Å². The zero-order chi connectivity index (χ0) is 17.5. The molecule has 1 saturated heterocycles. The Morgan fingerprint density at radius 3 is 2.44 bits per heavy atom. The first-order valence-corrected chi connectivity index (χ1v) is 8.98. The number of likely N-dealkylation sites (tertiary alicyclic amines) is 1. The number of esters is 1. The van der Waals surface area contributed by atoms with Gasteiger partial charge in [0.2, 0.25) is 0 Å². The second-order valence-electron chi connectivity index (χ2n) is 6.65. The van der Waals surface area contributed by atoms with Gasteiger partial charge in [0, 0.05) is 12.2 Å². The predicted octanol–water partition coefficient (Wildman–Crippen LogP) is 3.87. The van der Waals surface area contributed by atoms with Crippen LogP contribution in [-0.2, 0) is 9.53 Å². The summed E-state index contributed by atoms with van der Waals surface area (Å²) in [5, 5.41) is 3.32. The standard InChI is InChI=1S/C21H26N2O2/c1-23-15-8-13-19(14-16-23)25-21(24)20(17-9-4-2-5-10-17)22-18-11-6-3-7-12-18/h2-7,9-12,19-20,22H,8,13-16H2,1H3. The minimum Gasteiger partial charge on any atom is -0.461 e. The average Bonchev–Trinajstić information content (AvgIpc) is 2.85. The summed E-state index contributed by atoms with van der Waals surface area (Å²) in [6.45, 7) is 2.04. The maximum absolute atomic E-state index is 12.9. The molecule has 4 nitrogen and oxygen atoms in total. The van der Waals surface area contributed by atoms with E-state index in [1.807, 2.05) is 60.7 Å². The minimum absolute atomic E-state index is 0.00114. The molecule has 2 atom stereocenters. The molecule has 2 unspecified atom stereocenters. The van der Waals surface area contributed by atoms with Gasteiger partial charge in [0.25, 0.3) is 0 Å². The van der Waals surface area contributed by atoms with Crippen LogP contribution in [0.25, 0.3) is 0 Å². The van der Waals surface area contributed by atoms with Crippen LogP contribution < -0.4 is 5.32 Å². The van der Waals surface area contributed by atoms with Crippen molar-refractivity contribution in [2.24, 2.45) is 0 Å². The van der Waals surface area contributed by atoms with Crippen LogP contribution in [0, 0.1) is 0 Å². The van der Waals surface area contributed by atoms with Gasteiger partial charge in [-0.3, -0.25) is 0 Å². The molecule has 1 aliphatic heterocycles. The first-order chi connectivity index (χ1) is 12.2. The fourth-order valence-corrected chi connectivity index (χ4v) is 3.18. The molecule has 0 bridgehead atoms. The summed E-state index contributed by atoms with van der Waals surface area (Å²) in [7, 11) is 2.12. The number of nitrogens with zero attached hydrogens (tertiary/aromatic N) is 1. The Morgan fingerprint density at radius 2 is 1.72 bits per heavy atom. The van der Waals surface area contributed by atoms with Gasteiger partial charge in [0.1, 0.15) is 6.10 Å². The molecule has 0 amide bonds. The van der Waals surface area contributed by atoms with E-state index in [9.17, 15) is 4.79 Å². The normalized spacial score (nSPS) is 19.6. The summed E-state index contributed by atoms with van der Waals surface area (Å²) in [5.74, 6) is -0.204. The summed E-state index contributed by atoms with van der Waals surface area (Å²) in [6, 6.07) is 19.1. The summed E-state index contributed by atoms with van der Waals surface area (Å²) in [4.78, 5) is 15.2. The number of carbonyl (C=O) groups excluding carboxylic acids is 1. The van der Waals surface area contributed by atoms with Crippen molar-refractivity contribution in [2.75, 3.05) is 25.5 Å². The van der Waals surface area contributed by atoms with E-state index in [4.69, 9.17) is 4.74 Å². The van der Waals surface area contributed by atoms with E-state index in [0.717, 1.165) is 43.6 Å². The molecule has 1 heterocycles. The van der Waals surface area contributed by atoms with Crippen LogP contribution in [0.1, 0.15) is 30.9 Å². The second-order valence-corrected chi connectivity index (χ2v) is 6.65. The van der Waals surface area contributed by atoms with Crippen molar-refractivity contribution >= 4 is 11.7 Å². The van der Waals surface area contributed by atoms with E-state index in [1.165, 1.54) is 0 Å². The molecular weight excluding hydrogens is 312 g/mol. The van der Waals surface area contributed by atoms with Crippen molar-refractivity contribution in [3.63, 3.8) is 0 Å². The van der Waals surface area contributed by atoms with Crippen LogP contribution in [0.5, 0.6) is 0 Å². The number of nitrogens with one attached hydrogen (secondary N) is 1. The Kier molecular flexibility index (Phi) is 6.07. The van der Waals surface area contributed by atoms with Gasteiger partial charge >= 0.3 is 5.97 Å². The quantitative estimate of drug-likeness (QED) is 0.841. The highest BCUT2D eigenvalue weighted by Gasteiger charge is 2.26. The molecule has 0 spiro atoms. The summed E-state index contributed by atoms with van der Waals surface area (Å²) < 4.78 is 5.88. The number of hydrogen-bond donors (Lipinski definition) is 1. The van der Waals surface area contributed by atoms with Gasteiger partial charge in [-0.2, -0.15) is 0 Å². The highest BCUT2D eigenvalue weighted by Crippen LogP contribution is 2.23. The lowest BCUT2D eigenvalue weighted by Gasteiger charge is -2.23. The monoisotopic (exact) mass is 338 g/mol. The molecule has 1 fully saturated rings. The second kappa shape index (κ2) is 8.67. The summed E-state index contributed by atoms with van der Waals surface area (Å²) in [6.07, 6.45) is 2.90. The Hall–Kier alpha value is -2.33. The van der Waals surface area contributed by atoms with Crippen molar-refractivity contribution in [1.29, 1.82) is 0 Å². The fourth-order valence-electron chi connectivity index (χ4n) is 3.18. The van der Waals surface area contributed by atoms with Crippen molar-refractivity contribution in [3.8, 4) is 0 Å². The molecule has 2 aromatic carbocycles. The molecule has 0 aliphatic carbocycles. The first kappa shape index (κ1) is 17.5. The largest absolute Gasteiger partial charge is 0.461 e. The van der Waals surface area contributed by atoms with Crippen molar-refractivity contribution in [1.82, 2.24) is 4.90 Å². The zero-order valence-corrected chi connectivity index (χ0v) is 14.7. The van der Waals surface area contributed by atoms with Crippen molar-refractivity contribution in [3.05, 3.63) is 66.2 Å². The molecule has 0 radical (unpaired) electrons. The van der Waals surface area contributed by atoms with E-state index in [2.05, 4.69) is 17.3 Å². The number of benzene rings is 2. The van der Waals surface area contributed by atoms with E-state index in [1.54, 1.807) is 0 Å². The highest BCUT2D eigenvalue weighted by atomic mass is 16.5. The molecular formula is C21H26N2O2. The smallest absolute Gasteiger partial charge is 0.333 e. The lowest BCUT2D eigenvalue weighted by molar-refractivity contribution is -0.150. The van der Waals surface area contributed by atoms with E-state index >= 15 is 0 Å². The Bertz CT molecular complexity index is 660. The summed E-state index contributed by atoms with van der Waals surface area (Å²) >= 11 is 0. The zero-order valence-electron chi connectivity index (χ0n) is 14.7. The van der Waals surface area contributed by atoms with Gasteiger partial charge in [0.15, 0.2) is 6.04 Å². The number of rotatable bonds is 5. The lowest BCUT2D eigenvalue weighted by Crippen LogP contribution is -2.28. The maximum Gasteiger partial charge on any atom is 0.333 e. The minimum atomic E-state index is -0.496. The number of carbonyl (C=O) groups is 1. The lowest BCUT2D eigenvalue weighted by atomic mass is 10.1. The molecule has 25 heavy (non-hydrogen) atoms. The van der Waals surface area contributed by atoms with E-state index < -0.39 is 6.04 Å². The Balaban J connectivity index is 1.73. The number of para-hydroxylation sites is 1. The van der Waals surface area contributed by atoms with Gasteiger partial charge in [-0.05, 0) is 50.6 Å². The molecule has 132 valence electrons. The van der Waals surface area contributed by atoms with Crippen LogP contribution in [0.2, 0.25) is 0 Å². The van der Waals surface area contributed by atoms with Crippen LogP contribution in [0.15, 0.2) is 60.7 Å². The maximum atomic E-state index is 12.9. The third kappa shape index (κ3) is 5.07. The van der Waals surface area contributed by atoms with Gasteiger partial charge in [-0.25, -0.2) is 4.79 Å². The van der Waals surface area contributed by atoms with Crippen LogP contribution in [0.4, 0.5) is 5.69 Å². The average molecular weight is 338 g/mol. The Morgan fingerprint density at radius 1 is 1.04 bits per heavy atom. The van der Waals surface area contributed by atoms with Crippen molar-refractivity contribution in [2.45, 2.75) is 31.4 Å². The van der Waals surface area contributed by atoms with E-state index in [0.29, 0.717) is 0 Å². The third-order valence-electron chi connectivity index (χ3n) is 4.63. The molecule has 0 aromatic heterocycles. The van der Waals surface area contributed by atoms with Gasteiger partial charge < -0.3 is 15.0 Å². The predicted molar refractivity (Wildman–Crippen MR) is 100 cm³/mol. The molecule has 1 N–H and O–H groups in total. The Labute approximate surface area is 149 Å². The topological polar surface area (TPSA) is 41.6 Å². The number of hydrogen-bond acceptors (Lipinski definition) is 4. The SMILES string of the molecule is CN1CCCC(OC(=O)C(Nc2ccccc2)c2ccccc2)CC1. The van der Waals surface area contributed by atoms with Gasteiger partial charge in [-0.15, -0.1) is 0 Å². The number of ether oxygens (including phenoxy) is 1. The molecule has 1 aliphatic rings. The molecule has 0 saturated carbocycles. The first-order valence-electron chi connectivity index (χ1n) is 8.98. The van der Waals surface area contributed by atoms with Crippen molar-refractivity contribution < 1.29 is 9.53 Å². The third-order valence-corrected chi connectivity index (χ3v) is 4.63. The van der Waals surface area contributed by atoms with Crippen LogP contribution in [0.3, 0.4) is 0 Å². The molecule has 2 aromatic rings. The molecule has 3 rings (SSSR count). The van der Waals surface area contributed by atoms with Gasteiger partial charge in [-0.1, -0.05) is 48.5 Å². The van der Waals surface area contributed by atoms with Crippen LogP contribution >= 0.6 is 0 Å². The highest BCUT2D eigenvalue weighted by molar-refractivity contribution is 5.81.